The standard InChI is InChI=1S/C20H23IO10/c1-10(22)26-9-16-17(27-11(2)23)18(28-12(3)24)19(29-13(4)25)20(31-16)30-15-7-5-14(21)6-8-15/h5-8,16-20H,9H2,1-4H3/t16?,17-,18?,19-,20+/m1/s1. The van der Waals surface area contributed by atoms with Crippen LogP contribution >= 0.6 is 22.6 Å². The van der Waals surface area contributed by atoms with Crippen molar-refractivity contribution in [1.82, 2.24) is 0 Å². The van der Waals surface area contributed by atoms with E-state index in [2.05, 4.69) is 22.6 Å². The molecule has 1 aromatic carbocycles. The summed E-state index contributed by atoms with van der Waals surface area (Å²) in [4.78, 5) is 46.5. The molecule has 2 rings (SSSR count). The van der Waals surface area contributed by atoms with Crippen LogP contribution in [0.5, 0.6) is 5.75 Å². The van der Waals surface area contributed by atoms with Gasteiger partial charge in [0.2, 0.25) is 12.4 Å². The van der Waals surface area contributed by atoms with E-state index >= 15 is 0 Å². The minimum Gasteiger partial charge on any atom is -0.463 e. The Kier molecular flexibility index (Phi) is 9.04. The van der Waals surface area contributed by atoms with Crippen molar-refractivity contribution in [3.63, 3.8) is 0 Å². The van der Waals surface area contributed by atoms with Gasteiger partial charge in [0, 0.05) is 31.3 Å². The Morgan fingerprint density at radius 2 is 1.32 bits per heavy atom. The second kappa shape index (κ2) is 11.3. The van der Waals surface area contributed by atoms with E-state index < -0.39 is 54.6 Å². The lowest BCUT2D eigenvalue weighted by atomic mass is 9.98. The van der Waals surface area contributed by atoms with Gasteiger partial charge in [-0.3, -0.25) is 19.2 Å². The van der Waals surface area contributed by atoms with Gasteiger partial charge in [-0.05, 0) is 46.9 Å². The summed E-state index contributed by atoms with van der Waals surface area (Å²) in [7, 11) is 0. The fourth-order valence-electron chi connectivity index (χ4n) is 2.93. The topological polar surface area (TPSA) is 124 Å². The summed E-state index contributed by atoms with van der Waals surface area (Å²) in [6.45, 7) is 4.36. The number of carbonyl (C=O) groups is 4. The molecule has 1 fully saturated rings. The Hall–Kier alpha value is -2.41. The molecule has 10 nitrogen and oxygen atoms in total. The van der Waals surface area contributed by atoms with E-state index in [1.54, 1.807) is 24.3 Å². The quantitative estimate of drug-likeness (QED) is 0.282. The maximum atomic E-state index is 11.8. The van der Waals surface area contributed by atoms with Gasteiger partial charge in [-0.1, -0.05) is 0 Å². The molecular weight excluding hydrogens is 527 g/mol. The normalized spacial score (nSPS) is 25.1. The van der Waals surface area contributed by atoms with Crippen LogP contribution in [0, 0.1) is 3.57 Å². The number of rotatable bonds is 7. The first kappa shape index (κ1) is 24.9. The molecule has 1 heterocycles. The predicted molar refractivity (Wildman–Crippen MR) is 112 cm³/mol. The number of hydrogen-bond acceptors (Lipinski definition) is 10. The van der Waals surface area contributed by atoms with Crippen molar-refractivity contribution in [2.24, 2.45) is 0 Å². The highest BCUT2D eigenvalue weighted by Crippen LogP contribution is 2.31. The molecule has 5 atom stereocenters. The van der Waals surface area contributed by atoms with E-state index in [1.165, 1.54) is 13.8 Å². The lowest BCUT2D eigenvalue weighted by Crippen LogP contribution is -2.63. The van der Waals surface area contributed by atoms with Crippen LogP contribution in [0.15, 0.2) is 24.3 Å². The minimum absolute atomic E-state index is 0.315. The van der Waals surface area contributed by atoms with Gasteiger partial charge in [0.15, 0.2) is 12.2 Å². The van der Waals surface area contributed by atoms with Crippen LogP contribution in [0.1, 0.15) is 27.7 Å². The van der Waals surface area contributed by atoms with Gasteiger partial charge in [0.05, 0.1) is 0 Å². The SMILES string of the molecule is CC(=O)OCC1O[C@H](Oc2ccc(I)cc2)[C@H](OC(C)=O)C(OC(C)=O)[C@@H]1OC(C)=O. The van der Waals surface area contributed by atoms with Crippen molar-refractivity contribution in [1.29, 1.82) is 0 Å². The first-order valence-electron chi connectivity index (χ1n) is 9.29. The van der Waals surface area contributed by atoms with Crippen LogP contribution in [0.2, 0.25) is 0 Å². The van der Waals surface area contributed by atoms with Crippen LogP contribution in [0.4, 0.5) is 0 Å². The molecule has 1 aliphatic heterocycles. The van der Waals surface area contributed by atoms with E-state index in [0.717, 1.165) is 17.4 Å². The van der Waals surface area contributed by atoms with Crippen molar-refractivity contribution in [2.75, 3.05) is 6.61 Å². The zero-order valence-corrected chi connectivity index (χ0v) is 19.5. The molecule has 1 aromatic rings. The van der Waals surface area contributed by atoms with Gasteiger partial charge in [-0.15, -0.1) is 0 Å². The zero-order chi connectivity index (χ0) is 23.1. The molecule has 0 radical (unpaired) electrons. The van der Waals surface area contributed by atoms with E-state index in [-0.39, 0.29) is 6.61 Å². The molecule has 0 N–H and O–H groups in total. The van der Waals surface area contributed by atoms with Gasteiger partial charge in [-0.2, -0.15) is 0 Å². The molecule has 1 aliphatic rings. The van der Waals surface area contributed by atoms with Crippen LogP contribution in [0.3, 0.4) is 0 Å². The molecule has 11 heteroatoms. The Morgan fingerprint density at radius 1 is 0.806 bits per heavy atom. The monoisotopic (exact) mass is 550 g/mol. The molecule has 31 heavy (non-hydrogen) atoms. The summed E-state index contributed by atoms with van der Waals surface area (Å²) in [5, 5.41) is 0. The summed E-state index contributed by atoms with van der Waals surface area (Å²) in [5.41, 5.74) is 0. The minimum atomic E-state index is -1.27. The second-order valence-corrected chi connectivity index (χ2v) is 7.89. The third kappa shape index (κ3) is 7.65. The summed E-state index contributed by atoms with van der Waals surface area (Å²) < 4.78 is 33.7. The fraction of sp³-hybridized carbons (Fsp3) is 0.500. The highest BCUT2D eigenvalue weighted by Gasteiger charge is 2.53. The van der Waals surface area contributed by atoms with Crippen molar-refractivity contribution in [2.45, 2.75) is 58.4 Å². The fourth-order valence-corrected chi connectivity index (χ4v) is 3.29. The first-order chi connectivity index (χ1) is 14.6. The maximum Gasteiger partial charge on any atom is 0.303 e. The molecular formula is C20H23IO10. The van der Waals surface area contributed by atoms with E-state index in [4.69, 9.17) is 28.4 Å². The third-order valence-electron chi connectivity index (χ3n) is 4.01. The summed E-state index contributed by atoms with van der Waals surface area (Å²) in [6, 6.07) is 6.94. The third-order valence-corrected chi connectivity index (χ3v) is 4.73. The molecule has 0 aliphatic carbocycles. The van der Waals surface area contributed by atoms with Crippen LogP contribution in [-0.4, -0.2) is 61.2 Å². The van der Waals surface area contributed by atoms with Crippen LogP contribution in [-0.2, 0) is 42.9 Å². The van der Waals surface area contributed by atoms with Crippen molar-refractivity contribution in [3.8, 4) is 5.75 Å². The number of halogens is 1. The van der Waals surface area contributed by atoms with Crippen molar-refractivity contribution < 1.29 is 47.6 Å². The average Bonchev–Trinajstić information content (AvgIpc) is 2.65. The molecule has 0 saturated carbocycles. The Balaban J connectivity index is 2.43. The first-order valence-corrected chi connectivity index (χ1v) is 10.4. The highest BCUT2D eigenvalue weighted by molar-refractivity contribution is 14.1. The van der Waals surface area contributed by atoms with Gasteiger partial charge < -0.3 is 28.4 Å². The number of ether oxygens (including phenoxy) is 6. The molecule has 170 valence electrons. The van der Waals surface area contributed by atoms with Crippen LogP contribution < -0.4 is 4.74 Å². The number of hydrogen-bond donors (Lipinski definition) is 0. The zero-order valence-electron chi connectivity index (χ0n) is 17.4. The van der Waals surface area contributed by atoms with Gasteiger partial charge in [0.25, 0.3) is 0 Å². The van der Waals surface area contributed by atoms with E-state index in [1.807, 2.05) is 0 Å². The average molecular weight is 550 g/mol. The molecule has 0 amide bonds. The predicted octanol–water partition coefficient (Wildman–Crippen LogP) is 1.75. The molecule has 2 unspecified atom stereocenters. The second-order valence-electron chi connectivity index (χ2n) is 6.64. The number of esters is 4. The Morgan fingerprint density at radius 3 is 1.84 bits per heavy atom. The molecule has 0 bridgehead atoms. The van der Waals surface area contributed by atoms with Gasteiger partial charge in [-0.25, -0.2) is 0 Å². The maximum absolute atomic E-state index is 11.8. The lowest BCUT2D eigenvalue weighted by molar-refractivity contribution is -0.288. The molecule has 0 aromatic heterocycles. The number of benzene rings is 1. The van der Waals surface area contributed by atoms with E-state index in [0.29, 0.717) is 5.75 Å². The Bertz CT molecular complexity index is 809. The van der Waals surface area contributed by atoms with Crippen LogP contribution in [0.25, 0.3) is 0 Å². The van der Waals surface area contributed by atoms with Gasteiger partial charge in [0.1, 0.15) is 18.5 Å². The summed E-state index contributed by atoms with van der Waals surface area (Å²) in [6.07, 6.45) is -6.06. The van der Waals surface area contributed by atoms with Crippen molar-refractivity contribution in [3.05, 3.63) is 27.8 Å². The van der Waals surface area contributed by atoms with E-state index in [9.17, 15) is 19.2 Å². The Labute approximate surface area is 192 Å². The summed E-state index contributed by atoms with van der Waals surface area (Å²) >= 11 is 2.13. The van der Waals surface area contributed by atoms with Gasteiger partial charge >= 0.3 is 23.9 Å². The molecule has 0 spiro atoms. The summed E-state index contributed by atoms with van der Waals surface area (Å²) in [5.74, 6) is -2.30. The van der Waals surface area contributed by atoms with Crippen molar-refractivity contribution >= 4 is 46.5 Å². The smallest absolute Gasteiger partial charge is 0.303 e. The lowest BCUT2D eigenvalue weighted by Gasteiger charge is -2.43. The highest BCUT2D eigenvalue weighted by atomic mass is 127. The number of carbonyl (C=O) groups excluding carboxylic acids is 4. The molecule has 1 saturated heterocycles. The largest absolute Gasteiger partial charge is 0.463 e.